The summed E-state index contributed by atoms with van der Waals surface area (Å²) in [6.45, 7) is 27.3. The van der Waals surface area contributed by atoms with E-state index in [1.807, 2.05) is 41.5 Å². The van der Waals surface area contributed by atoms with E-state index >= 15 is 0 Å². The van der Waals surface area contributed by atoms with Gasteiger partial charge in [0.1, 0.15) is 11.4 Å². The summed E-state index contributed by atoms with van der Waals surface area (Å²) in [5, 5.41) is 1.07. The zero-order valence-corrected chi connectivity index (χ0v) is 27.1. The second-order valence-electron chi connectivity index (χ2n) is 13.7. The zero-order chi connectivity index (χ0) is 29.9. The first-order valence-electron chi connectivity index (χ1n) is 14.4. The Bertz CT molecular complexity index is 607. The fraction of sp³-hybridized carbons (Fsp3) is 1.00. The molecule has 0 aliphatic heterocycles. The lowest BCUT2D eigenvalue weighted by atomic mass is 10.0. The van der Waals surface area contributed by atoms with Crippen LogP contribution < -0.4 is 11.5 Å². The Morgan fingerprint density at radius 3 is 1.21 bits per heavy atom. The highest BCUT2D eigenvalue weighted by molar-refractivity contribution is 4.73. The summed E-state index contributed by atoms with van der Waals surface area (Å²) in [7, 11) is 0. The third-order valence-corrected chi connectivity index (χ3v) is 6.10. The average Bonchev–Trinajstić information content (AvgIpc) is 2.64. The lowest BCUT2D eigenvalue weighted by Crippen LogP contribution is -2.51. The van der Waals surface area contributed by atoms with Crippen LogP contribution in [0.1, 0.15) is 135 Å². The number of hydrogen-bond donors (Lipinski definition) is 2. The number of hydrogen-bond acceptors (Lipinski definition) is 9. The third kappa shape index (κ3) is 19.7. The molecule has 9 heteroatoms. The molecule has 9 nitrogen and oxygen atoms in total. The number of ether oxygens (including phenoxy) is 3. The summed E-state index contributed by atoms with van der Waals surface area (Å²) in [5.41, 5.74) is 8.95. The van der Waals surface area contributed by atoms with Gasteiger partial charge in [0.25, 0.3) is 0 Å². The monoisotopic (exact) mass is 549 g/mol. The molecule has 0 radical (unpaired) electrons. The molecule has 0 amide bonds. The van der Waals surface area contributed by atoms with E-state index < -0.39 is 22.7 Å². The van der Waals surface area contributed by atoms with Crippen molar-refractivity contribution in [1.82, 2.24) is 5.39 Å². The molecule has 38 heavy (non-hydrogen) atoms. The van der Waals surface area contributed by atoms with E-state index in [0.717, 1.165) is 31.1 Å². The third-order valence-electron chi connectivity index (χ3n) is 6.10. The standard InChI is InChI=1S/C29H63N3O6/c1-14-16-24(3,4)33-21-18-26(7,8)36-32(37-27(9,10)19-22-35-28(11,12)30)38-29(13,31)20-23-34-25(5,6)17-15-2/h14-23,30-31H2,1-13H3. The minimum Gasteiger partial charge on any atom is -0.375 e. The largest absolute Gasteiger partial charge is 0.375 e. The maximum Gasteiger partial charge on any atom is 0.142 e. The molecule has 0 aliphatic carbocycles. The van der Waals surface area contributed by atoms with Gasteiger partial charge in [-0.1, -0.05) is 26.7 Å². The van der Waals surface area contributed by atoms with Gasteiger partial charge >= 0.3 is 0 Å². The molecule has 0 bridgehead atoms. The van der Waals surface area contributed by atoms with E-state index in [4.69, 9.17) is 40.2 Å². The van der Waals surface area contributed by atoms with E-state index in [2.05, 4.69) is 41.5 Å². The van der Waals surface area contributed by atoms with Crippen molar-refractivity contribution in [3.63, 3.8) is 0 Å². The van der Waals surface area contributed by atoms with Crippen molar-refractivity contribution in [2.24, 2.45) is 11.5 Å². The van der Waals surface area contributed by atoms with E-state index in [-0.39, 0.29) is 11.2 Å². The Morgan fingerprint density at radius 1 is 0.474 bits per heavy atom. The lowest BCUT2D eigenvalue weighted by molar-refractivity contribution is -0.586. The van der Waals surface area contributed by atoms with Gasteiger partial charge in [0, 0.05) is 19.3 Å². The molecule has 0 aromatic rings. The first-order valence-corrected chi connectivity index (χ1v) is 14.4. The maximum atomic E-state index is 6.54. The van der Waals surface area contributed by atoms with Crippen LogP contribution in [0.4, 0.5) is 0 Å². The van der Waals surface area contributed by atoms with Gasteiger partial charge in [-0.15, -0.1) is 0 Å². The molecule has 0 aliphatic rings. The van der Waals surface area contributed by atoms with Crippen LogP contribution in [0, 0.1) is 0 Å². The van der Waals surface area contributed by atoms with Gasteiger partial charge in [-0.05, 0) is 89.0 Å². The Balaban J connectivity index is 5.38. The van der Waals surface area contributed by atoms with E-state index in [1.165, 1.54) is 0 Å². The van der Waals surface area contributed by atoms with Crippen LogP contribution in [-0.2, 0) is 28.7 Å². The van der Waals surface area contributed by atoms with Gasteiger partial charge < -0.3 is 25.7 Å². The molecule has 1 atom stereocenters. The van der Waals surface area contributed by atoms with Crippen LogP contribution in [0.15, 0.2) is 0 Å². The predicted octanol–water partition coefficient (Wildman–Crippen LogP) is 6.39. The van der Waals surface area contributed by atoms with Gasteiger partial charge in [0.15, 0.2) is 0 Å². The average molecular weight is 550 g/mol. The molecule has 0 aromatic carbocycles. The highest BCUT2D eigenvalue weighted by Crippen LogP contribution is 2.27. The molecule has 0 heterocycles. The van der Waals surface area contributed by atoms with Gasteiger partial charge in [0.05, 0.1) is 47.6 Å². The van der Waals surface area contributed by atoms with Gasteiger partial charge in [-0.2, -0.15) is 0 Å². The smallest absolute Gasteiger partial charge is 0.142 e. The van der Waals surface area contributed by atoms with Crippen LogP contribution in [0.2, 0.25) is 0 Å². The summed E-state index contributed by atoms with van der Waals surface area (Å²) < 4.78 is 17.9. The summed E-state index contributed by atoms with van der Waals surface area (Å²) in [5.74, 6) is 0. The summed E-state index contributed by atoms with van der Waals surface area (Å²) >= 11 is 0. The van der Waals surface area contributed by atoms with Crippen LogP contribution in [0.3, 0.4) is 0 Å². The second kappa shape index (κ2) is 15.6. The minimum atomic E-state index is -1.09. The van der Waals surface area contributed by atoms with Crippen LogP contribution in [-0.4, -0.2) is 59.1 Å². The van der Waals surface area contributed by atoms with Crippen molar-refractivity contribution < 1.29 is 28.7 Å². The lowest BCUT2D eigenvalue weighted by Gasteiger charge is -2.39. The number of rotatable bonds is 22. The second-order valence-corrected chi connectivity index (χ2v) is 13.7. The molecule has 0 spiro atoms. The molecule has 0 fully saturated rings. The SMILES string of the molecule is CCCC(C)(C)OCCC(C)(C)ON(OC(C)(C)CCOC(C)(C)N)OC(C)(N)CCOC(C)(C)CCC. The molecule has 4 N–H and O–H groups in total. The maximum absolute atomic E-state index is 6.54. The first kappa shape index (κ1) is 37.6. The molecule has 1 unspecified atom stereocenters. The topological polar surface area (TPSA) is 111 Å². The molecule has 0 rings (SSSR count). The Kier molecular flexibility index (Phi) is 15.4. The summed E-state index contributed by atoms with van der Waals surface area (Å²) in [6, 6.07) is 0. The predicted molar refractivity (Wildman–Crippen MR) is 154 cm³/mol. The highest BCUT2D eigenvalue weighted by atomic mass is 17.2. The van der Waals surface area contributed by atoms with Crippen molar-refractivity contribution in [3.05, 3.63) is 0 Å². The quantitative estimate of drug-likeness (QED) is 0.117. The van der Waals surface area contributed by atoms with Crippen LogP contribution >= 0.6 is 0 Å². The van der Waals surface area contributed by atoms with Crippen LogP contribution in [0.5, 0.6) is 0 Å². The van der Waals surface area contributed by atoms with Crippen LogP contribution in [0.25, 0.3) is 0 Å². The van der Waals surface area contributed by atoms with Crippen molar-refractivity contribution in [2.75, 3.05) is 19.8 Å². The minimum absolute atomic E-state index is 0.183. The number of nitrogens with two attached hydrogens (primary N) is 2. The van der Waals surface area contributed by atoms with Gasteiger partial charge in [0.2, 0.25) is 0 Å². The zero-order valence-electron chi connectivity index (χ0n) is 27.1. The molecule has 0 aromatic heterocycles. The first-order chi connectivity index (χ1) is 17.0. The highest BCUT2D eigenvalue weighted by Gasteiger charge is 2.35. The van der Waals surface area contributed by atoms with Gasteiger partial charge in [-0.25, -0.2) is 14.5 Å². The molecular formula is C29H63N3O6. The van der Waals surface area contributed by atoms with Crippen molar-refractivity contribution >= 4 is 0 Å². The number of nitrogens with zero attached hydrogens (tertiary/aromatic N) is 1. The fourth-order valence-electron chi connectivity index (χ4n) is 3.78. The normalized spacial score (nSPS) is 15.8. The molecule has 230 valence electrons. The van der Waals surface area contributed by atoms with Crippen molar-refractivity contribution in [3.8, 4) is 0 Å². The van der Waals surface area contributed by atoms with E-state index in [1.54, 1.807) is 6.92 Å². The van der Waals surface area contributed by atoms with Crippen molar-refractivity contribution in [2.45, 2.75) is 169 Å². The van der Waals surface area contributed by atoms with E-state index in [0.29, 0.717) is 39.1 Å². The molecule has 0 saturated heterocycles. The van der Waals surface area contributed by atoms with Crippen molar-refractivity contribution in [1.29, 1.82) is 0 Å². The van der Waals surface area contributed by atoms with Gasteiger partial charge in [-0.3, -0.25) is 0 Å². The summed E-state index contributed by atoms with van der Waals surface area (Å²) in [4.78, 5) is 18.5. The Morgan fingerprint density at radius 2 is 0.842 bits per heavy atom. The Labute approximate surface area is 234 Å². The van der Waals surface area contributed by atoms with E-state index in [9.17, 15) is 0 Å². The fourth-order valence-corrected chi connectivity index (χ4v) is 3.78. The summed E-state index contributed by atoms with van der Waals surface area (Å²) in [6.07, 6.45) is 5.71. The Hall–Kier alpha value is -0.360. The molecular weight excluding hydrogens is 486 g/mol. The molecule has 0 saturated carbocycles.